The first-order valence-corrected chi connectivity index (χ1v) is 5.71. The Bertz CT molecular complexity index is 336. The van der Waals surface area contributed by atoms with Gasteiger partial charge >= 0.3 is 5.97 Å². The monoisotopic (exact) mass is 221 g/mol. The molecule has 0 saturated heterocycles. The van der Waals surface area contributed by atoms with E-state index in [1.807, 2.05) is 19.1 Å². The van der Waals surface area contributed by atoms with Crippen molar-refractivity contribution in [3.05, 3.63) is 35.4 Å². The molecule has 0 amide bonds. The Morgan fingerprint density at radius 1 is 1.25 bits per heavy atom. The molecule has 0 heterocycles. The molecular weight excluding hydrogens is 202 g/mol. The Kier molecular flexibility index (Phi) is 5.57. The van der Waals surface area contributed by atoms with E-state index < -0.39 is 0 Å². The summed E-state index contributed by atoms with van der Waals surface area (Å²) in [4.78, 5) is 11.1. The maximum atomic E-state index is 11.1. The minimum atomic E-state index is -0.198. The molecule has 0 aliphatic rings. The van der Waals surface area contributed by atoms with E-state index in [1.165, 1.54) is 11.1 Å². The Labute approximate surface area is 96.8 Å². The molecule has 88 valence electrons. The van der Waals surface area contributed by atoms with Crippen LogP contribution in [0.1, 0.15) is 25.0 Å². The molecule has 3 nitrogen and oxygen atoms in total. The van der Waals surface area contributed by atoms with Crippen molar-refractivity contribution in [3.8, 4) is 0 Å². The Morgan fingerprint density at radius 2 is 1.94 bits per heavy atom. The number of benzene rings is 1. The highest BCUT2D eigenvalue weighted by molar-refractivity contribution is 5.71. The van der Waals surface area contributed by atoms with Crippen molar-refractivity contribution < 1.29 is 9.53 Å². The number of esters is 1. The van der Waals surface area contributed by atoms with E-state index in [4.69, 9.17) is 4.74 Å². The topological polar surface area (TPSA) is 38.3 Å². The van der Waals surface area contributed by atoms with Crippen LogP contribution in [-0.4, -0.2) is 19.1 Å². The lowest BCUT2D eigenvalue weighted by Crippen LogP contribution is -2.24. The van der Waals surface area contributed by atoms with Crippen molar-refractivity contribution in [2.45, 2.75) is 26.8 Å². The molecule has 0 fully saturated rings. The Hall–Kier alpha value is -1.35. The van der Waals surface area contributed by atoms with Crippen LogP contribution < -0.4 is 5.32 Å². The average molecular weight is 221 g/mol. The molecule has 0 saturated carbocycles. The minimum absolute atomic E-state index is 0.198. The number of hydrogen-bond acceptors (Lipinski definition) is 3. The summed E-state index contributed by atoms with van der Waals surface area (Å²) in [7, 11) is 0. The molecule has 1 aromatic carbocycles. The Balaban J connectivity index is 2.39. The predicted octanol–water partition coefficient (Wildman–Crippen LogP) is 1.90. The van der Waals surface area contributed by atoms with Gasteiger partial charge in [0.05, 0.1) is 13.2 Å². The molecule has 0 aliphatic heterocycles. The van der Waals surface area contributed by atoms with Gasteiger partial charge in [-0.25, -0.2) is 0 Å². The zero-order valence-electron chi connectivity index (χ0n) is 9.95. The maximum Gasteiger partial charge on any atom is 0.319 e. The van der Waals surface area contributed by atoms with Gasteiger partial charge in [-0.3, -0.25) is 4.79 Å². The van der Waals surface area contributed by atoms with Crippen LogP contribution in [0, 0.1) is 0 Å². The number of hydrogen-bond donors (Lipinski definition) is 1. The summed E-state index contributed by atoms with van der Waals surface area (Å²) in [5.41, 5.74) is 2.56. The van der Waals surface area contributed by atoms with Crippen LogP contribution in [0.5, 0.6) is 0 Å². The van der Waals surface area contributed by atoms with Gasteiger partial charge < -0.3 is 10.1 Å². The molecule has 0 aliphatic carbocycles. The molecule has 1 aromatic rings. The molecular formula is C13H19NO2. The van der Waals surface area contributed by atoms with E-state index in [9.17, 15) is 4.79 Å². The van der Waals surface area contributed by atoms with Gasteiger partial charge in [0.25, 0.3) is 0 Å². The molecule has 3 heteroatoms. The van der Waals surface area contributed by atoms with Gasteiger partial charge in [-0.1, -0.05) is 31.2 Å². The third kappa shape index (κ3) is 4.03. The number of carbonyl (C=O) groups excluding carboxylic acids is 1. The molecule has 1 N–H and O–H groups in total. The number of aryl methyl sites for hydroxylation is 1. The quantitative estimate of drug-likeness (QED) is 0.746. The van der Waals surface area contributed by atoms with Gasteiger partial charge in [0.1, 0.15) is 0 Å². The van der Waals surface area contributed by atoms with Gasteiger partial charge in [0.2, 0.25) is 0 Å². The van der Waals surface area contributed by atoms with Crippen LogP contribution in [0.25, 0.3) is 0 Å². The van der Waals surface area contributed by atoms with Gasteiger partial charge in [-0.05, 0) is 24.5 Å². The lowest BCUT2D eigenvalue weighted by atomic mass is 10.1. The average Bonchev–Trinajstić information content (AvgIpc) is 2.30. The molecule has 0 spiro atoms. The summed E-state index contributed by atoms with van der Waals surface area (Å²) in [5, 5.41) is 3.09. The first-order chi connectivity index (χ1) is 7.77. The van der Waals surface area contributed by atoms with Crippen molar-refractivity contribution in [1.29, 1.82) is 0 Å². The summed E-state index contributed by atoms with van der Waals surface area (Å²) in [6, 6.07) is 8.24. The molecule has 0 radical (unpaired) electrons. The summed E-state index contributed by atoms with van der Waals surface area (Å²) >= 11 is 0. The second kappa shape index (κ2) is 7.01. The third-order valence-electron chi connectivity index (χ3n) is 2.39. The number of ether oxygens (including phenoxy) is 1. The molecule has 0 aromatic heterocycles. The van der Waals surface area contributed by atoms with Crippen LogP contribution in [-0.2, 0) is 22.5 Å². The van der Waals surface area contributed by atoms with Crippen molar-refractivity contribution in [3.63, 3.8) is 0 Å². The number of nitrogens with one attached hydrogen (secondary N) is 1. The van der Waals surface area contributed by atoms with E-state index in [1.54, 1.807) is 0 Å². The molecule has 16 heavy (non-hydrogen) atoms. The lowest BCUT2D eigenvalue weighted by Gasteiger charge is -2.08. The third-order valence-corrected chi connectivity index (χ3v) is 2.39. The van der Waals surface area contributed by atoms with E-state index in [0.29, 0.717) is 13.2 Å². The fourth-order valence-corrected chi connectivity index (χ4v) is 1.59. The fourth-order valence-electron chi connectivity index (χ4n) is 1.59. The van der Waals surface area contributed by atoms with Crippen LogP contribution >= 0.6 is 0 Å². The van der Waals surface area contributed by atoms with Crippen molar-refractivity contribution in [1.82, 2.24) is 5.32 Å². The van der Waals surface area contributed by atoms with Crippen LogP contribution in [0.3, 0.4) is 0 Å². The highest BCUT2D eigenvalue weighted by Crippen LogP contribution is 2.08. The largest absolute Gasteiger partial charge is 0.465 e. The normalized spacial score (nSPS) is 10.1. The Morgan fingerprint density at radius 3 is 2.56 bits per heavy atom. The van der Waals surface area contributed by atoms with Crippen molar-refractivity contribution >= 4 is 5.97 Å². The maximum absolute atomic E-state index is 11.1. The number of carbonyl (C=O) groups is 1. The lowest BCUT2D eigenvalue weighted by molar-refractivity contribution is -0.142. The van der Waals surface area contributed by atoms with E-state index >= 15 is 0 Å². The first-order valence-electron chi connectivity index (χ1n) is 5.71. The zero-order chi connectivity index (χ0) is 11.8. The van der Waals surface area contributed by atoms with Crippen LogP contribution in [0.2, 0.25) is 0 Å². The molecule has 0 unspecified atom stereocenters. The van der Waals surface area contributed by atoms with E-state index in [2.05, 4.69) is 24.4 Å². The second-order valence-electron chi connectivity index (χ2n) is 3.53. The van der Waals surface area contributed by atoms with Crippen LogP contribution in [0.15, 0.2) is 24.3 Å². The summed E-state index contributed by atoms with van der Waals surface area (Å²) in [6.07, 6.45) is 1.01. The smallest absolute Gasteiger partial charge is 0.319 e. The van der Waals surface area contributed by atoms with Gasteiger partial charge in [0.15, 0.2) is 0 Å². The van der Waals surface area contributed by atoms with Crippen molar-refractivity contribution in [2.75, 3.05) is 13.2 Å². The number of rotatable bonds is 6. The van der Waals surface area contributed by atoms with Gasteiger partial charge in [0, 0.05) is 6.54 Å². The highest BCUT2D eigenvalue weighted by atomic mass is 16.5. The van der Waals surface area contributed by atoms with E-state index in [-0.39, 0.29) is 12.5 Å². The van der Waals surface area contributed by atoms with Crippen molar-refractivity contribution in [2.24, 2.45) is 0 Å². The SMILES string of the molecule is CCOC(=O)CNCc1ccccc1CC. The first kappa shape index (κ1) is 12.7. The summed E-state index contributed by atoms with van der Waals surface area (Å²) in [6.45, 7) is 5.36. The highest BCUT2D eigenvalue weighted by Gasteiger charge is 2.02. The standard InChI is InChI=1S/C13H19NO2/c1-3-11-7-5-6-8-12(11)9-14-10-13(15)16-4-2/h5-8,14H,3-4,9-10H2,1-2H3. The molecule has 1 rings (SSSR count). The predicted molar refractivity (Wildman–Crippen MR) is 64.2 cm³/mol. The fraction of sp³-hybridized carbons (Fsp3) is 0.462. The molecule has 0 bridgehead atoms. The van der Waals surface area contributed by atoms with E-state index in [0.717, 1.165) is 6.42 Å². The van der Waals surface area contributed by atoms with Gasteiger partial charge in [-0.15, -0.1) is 0 Å². The zero-order valence-corrected chi connectivity index (χ0v) is 9.95. The minimum Gasteiger partial charge on any atom is -0.465 e. The summed E-state index contributed by atoms with van der Waals surface area (Å²) in [5.74, 6) is -0.198. The second-order valence-corrected chi connectivity index (χ2v) is 3.53. The van der Waals surface area contributed by atoms with Gasteiger partial charge in [-0.2, -0.15) is 0 Å². The molecule has 0 atom stereocenters. The van der Waals surface area contributed by atoms with Crippen LogP contribution in [0.4, 0.5) is 0 Å². The summed E-state index contributed by atoms with van der Waals surface area (Å²) < 4.78 is 4.83.